The summed E-state index contributed by atoms with van der Waals surface area (Å²) in [5.41, 5.74) is 1.63. The molecule has 0 bridgehead atoms. The summed E-state index contributed by atoms with van der Waals surface area (Å²) in [6, 6.07) is 8.14. The number of hydrogen-bond acceptors (Lipinski definition) is 0. The summed E-state index contributed by atoms with van der Waals surface area (Å²) in [6.45, 7) is 6.84. The smallest absolute Gasteiger partial charge is 0.0438 e. The molecule has 78 valence electrons. The highest BCUT2D eigenvalue weighted by atomic mass is 35.5. The van der Waals surface area contributed by atoms with Crippen LogP contribution in [0.1, 0.15) is 39.2 Å². The number of benzene rings is 1. The van der Waals surface area contributed by atoms with Crippen molar-refractivity contribution < 1.29 is 0 Å². The molecule has 0 saturated carbocycles. The lowest BCUT2D eigenvalue weighted by Crippen LogP contribution is -2.14. The van der Waals surface area contributed by atoms with Gasteiger partial charge < -0.3 is 0 Å². The Bertz CT molecular complexity index is 289. The van der Waals surface area contributed by atoms with Crippen molar-refractivity contribution >= 4 is 11.6 Å². The van der Waals surface area contributed by atoms with Crippen molar-refractivity contribution in [3.63, 3.8) is 0 Å². The zero-order valence-corrected chi connectivity index (χ0v) is 10.1. The summed E-state index contributed by atoms with van der Waals surface area (Å²) in [4.78, 5) is 0. The molecule has 0 atom stereocenters. The van der Waals surface area contributed by atoms with E-state index in [0.29, 0.717) is 5.41 Å². The van der Waals surface area contributed by atoms with E-state index in [2.05, 4.69) is 32.9 Å². The molecule has 0 aliphatic rings. The summed E-state index contributed by atoms with van der Waals surface area (Å²) in [5, 5.41) is 0.900. The molecule has 0 fully saturated rings. The highest BCUT2D eigenvalue weighted by Gasteiger charge is 2.18. The van der Waals surface area contributed by atoms with Crippen LogP contribution in [-0.4, -0.2) is 0 Å². The quantitative estimate of drug-likeness (QED) is 0.675. The summed E-state index contributed by atoms with van der Waals surface area (Å²) < 4.78 is 0. The summed E-state index contributed by atoms with van der Waals surface area (Å²) in [5.74, 6) is 0. The lowest BCUT2D eigenvalue weighted by molar-refractivity contribution is 0.329. The van der Waals surface area contributed by atoms with Gasteiger partial charge >= 0.3 is 0 Å². The SMILES string of the molecule is CCCC(C)(C)Cc1ccccc1Cl. The van der Waals surface area contributed by atoms with Gasteiger partial charge in [-0.25, -0.2) is 0 Å². The standard InChI is InChI=1S/C13H19Cl/c1-4-9-13(2,3)10-11-7-5-6-8-12(11)14/h5-8H,4,9-10H2,1-3H3. The van der Waals surface area contributed by atoms with Crippen molar-refractivity contribution in [1.82, 2.24) is 0 Å². The number of hydrogen-bond donors (Lipinski definition) is 0. The molecule has 0 aliphatic heterocycles. The third kappa shape index (κ3) is 3.34. The van der Waals surface area contributed by atoms with Crippen LogP contribution < -0.4 is 0 Å². The average molecular weight is 211 g/mol. The fourth-order valence-electron chi connectivity index (χ4n) is 1.92. The Balaban J connectivity index is 2.73. The molecule has 0 N–H and O–H groups in total. The minimum absolute atomic E-state index is 0.361. The first-order valence-corrected chi connectivity index (χ1v) is 5.66. The van der Waals surface area contributed by atoms with E-state index < -0.39 is 0 Å². The molecular formula is C13H19Cl. The molecule has 1 rings (SSSR count). The van der Waals surface area contributed by atoms with Crippen LogP contribution in [0.4, 0.5) is 0 Å². The fourth-order valence-corrected chi connectivity index (χ4v) is 2.13. The largest absolute Gasteiger partial charge is 0.0840 e. The van der Waals surface area contributed by atoms with Crippen LogP contribution in [0.3, 0.4) is 0 Å². The molecule has 0 spiro atoms. The average Bonchev–Trinajstić information content (AvgIpc) is 2.08. The summed E-state index contributed by atoms with van der Waals surface area (Å²) >= 11 is 6.13. The Labute approximate surface area is 92.3 Å². The second-order valence-electron chi connectivity index (χ2n) is 4.68. The number of rotatable bonds is 4. The minimum Gasteiger partial charge on any atom is -0.0840 e. The first-order chi connectivity index (χ1) is 6.55. The third-order valence-corrected chi connectivity index (χ3v) is 2.92. The van der Waals surface area contributed by atoms with Gasteiger partial charge in [-0.05, 0) is 29.9 Å². The van der Waals surface area contributed by atoms with E-state index in [1.54, 1.807) is 0 Å². The van der Waals surface area contributed by atoms with E-state index in [1.165, 1.54) is 18.4 Å². The maximum absolute atomic E-state index is 6.13. The Morgan fingerprint density at radius 3 is 2.43 bits per heavy atom. The fraction of sp³-hybridized carbons (Fsp3) is 0.538. The van der Waals surface area contributed by atoms with E-state index in [-0.39, 0.29) is 0 Å². The van der Waals surface area contributed by atoms with Gasteiger partial charge in [-0.15, -0.1) is 0 Å². The highest BCUT2D eigenvalue weighted by Crippen LogP contribution is 2.30. The maximum Gasteiger partial charge on any atom is 0.0438 e. The van der Waals surface area contributed by atoms with E-state index in [4.69, 9.17) is 11.6 Å². The molecule has 1 heteroatoms. The Morgan fingerprint density at radius 2 is 1.86 bits per heavy atom. The molecule has 1 aromatic rings. The minimum atomic E-state index is 0.361. The van der Waals surface area contributed by atoms with Gasteiger partial charge in [0.2, 0.25) is 0 Å². The van der Waals surface area contributed by atoms with Crippen molar-refractivity contribution in [2.45, 2.75) is 40.0 Å². The van der Waals surface area contributed by atoms with Crippen molar-refractivity contribution in [2.75, 3.05) is 0 Å². The molecule has 0 aliphatic carbocycles. The van der Waals surface area contributed by atoms with Crippen molar-refractivity contribution in [1.29, 1.82) is 0 Å². The van der Waals surface area contributed by atoms with Crippen LogP contribution in [0.25, 0.3) is 0 Å². The summed E-state index contributed by atoms with van der Waals surface area (Å²) in [6.07, 6.45) is 3.55. The Hall–Kier alpha value is -0.490. The normalized spacial score (nSPS) is 11.7. The molecule has 0 aromatic heterocycles. The summed E-state index contributed by atoms with van der Waals surface area (Å²) in [7, 11) is 0. The third-order valence-electron chi connectivity index (χ3n) is 2.55. The zero-order chi connectivity index (χ0) is 10.6. The molecule has 0 heterocycles. The molecular weight excluding hydrogens is 192 g/mol. The molecule has 1 aromatic carbocycles. The second kappa shape index (κ2) is 4.84. The zero-order valence-electron chi connectivity index (χ0n) is 9.31. The van der Waals surface area contributed by atoms with Crippen LogP contribution in [0.2, 0.25) is 5.02 Å². The van der Waals surface area contributed by atoms with Crippen molar-refractivity contribution in [2.24, 2.45) is 5.41 Å². The van der Waals surface area contributed by atoms with Crippen LogP contribution in [0.15, 0.2) is 24.3 Å². The van der Waals surface area contributed by atoms with Gasteiger partial charge in [0, 0.05) is 5.02 Å². The van der Waals surface area contributed by atoms with Gasteiger partial charge in [0.1, 0.15) is 0 Å². The molecule has 0 amide bonds. The molecule has 0 saturated heterocycles. The van der Waals surface area contributed by atoms with E-state index in [9.17, 15) is 0 Å². The first-order valence-electron chi connectivity index (χ1n) is 5.28. The first kappa shape index (κ1) is 11.6. The van der Waals surface area contributed by atoms with Gasteiger partial charge in [-0.2, -0.15) is 0 Å². The van der Waals surface area contributed by atoms with Gasteiger partial charge in [0.15, 0.2) is 0 Å². The van der Waals surface area contributed by atoms with Crippen molar-refractivity contribution in [3.8, 4) is 0 Å². The Morgan fingerprint density at radius 1 is 1.21 bits per heavy atom. The molecule has 0 radical (unpaired) electrons. The Kier molecular flexibility index (Phi) is 4.00. The predicted octanol–water partition coefficient (Wildman–Crippen LogP) is 4.71. The lowest BCUT2D eigenvalue weighted by Gasteiger charge is -2.24. The highest BCUT2D eigenvalue weighted by molar-refractivity contribution is 6.31. The van der Waals surface area contributed by atoms with Gasteiger partial charge in [0.05, 0.1) is 0 Å². The van der Waals surface area contributed by atoms with Gasteiger partial charge in [-0.3, -0.25) is 0 Å². The lowest BCUT2D eigenvalue weighted by atomic mass is 9.82. The molecule has 0 nitrogen and oxygen atoms in total. The van der Waals surface area contributed by atoms with Crippen LogP contribution in [-0.2, 0) is 6.42 Å². The monoisotopic (exact) mass is 210 g/mol. The van der Waals surface area contributed by atoms with Gasteiger partial charge in [-0.1, -0.05) is 57.0 Å². The second-order valence-corrected chi connectivity index (χ2v) is 5.09. The van der Waals surface area contributed by atoms with Crippen LogP contribution in [0.5, 0.6) is 0 Å². The van der Waals surface area contributed by atoms with E-state index in [0.717, 1.165) is 11.4 Å². The van der Waals surface area contributed by atoms with Gasteiger partial charge in [0.25, 0.3) is 0 Å². The maximum atomic E-state index is 6.13. The predicted molar refractivity (Wildman–Crippen MR) is 63.8 cm³/mol. The van der Waals surface area contributed by atoms with Crippen LogP contribution >= 0.6 is 11.6 Å². The molecule has 0 unspecified atom stereocenters. The van der Waals surface area contributed by atoms with Crippen molar-refractivity contribution in [3.05, 3.63) is 34.9 Å². The number of halogens is 1. The van der Waals surface area contributed by atoms with E-state index >= 15 is 0 Å². The molecule has 14 heavy (non-hydrogen) atoms. The van der Waals surface area contributed by atoms with Crippen LogP contribution in [0, 0.1) is 5.41 Å². The topological polar surface area (TPSA) is 0 Å². The van der Waals surface area contributed by atoms with E-state index in [1.807, 2.05) is 12.1 Å².